The lowest BCUT2D eigenvalue weighted by molar-refractivity contribution is -0.386. The van der Waals surface area contributed by atoms with Gasteiger partial charge in [-0.15, -0.1) is 0 Å². The van der Waals surface area contributed by atoms with Crippen LogP contribution in [0.25, 0.3) is 0 Å². The molecule has 0 saturated heterocycles. The quantitative estimate of drug-likeness (QED) is 0.485. The van der Waals surface area contributed by atoms with E-state index in [1.54, 1.807) is 0 Å². The van der Waals surface area contributed by atoms with Crippen LogP contribution in [0.1, 0.15) is 18.5 Å². The van der Waals surface area contributed by atoms with Gasteiger partial charge in [-0.3, -0.25) is 10.1 Å². The molecule has 10 heteroatoms. The van der Waals surface area contributed by atoms with Crippen LogP contribution in [0.3, 0.4) is 0 Å². The van der Waals surface area contributed by atoms with Crippen molar-refractivity contribution in [1.82, 2.24) is 0 Å². The first-order chi connectivity index (χ1) is 9.62. The Morgan fingerprint density at radius 1 is 1.57 bits per heavy atom. The number of hydrogen-bond donors (Lipinski definition) is 2. The zero-order valence-electron chi connectivity index (χ0n) is 10.7. The third-order valence-corrected chi connectivity index (χ3v) is 2.55. The number of phenols is 1. The number of phenolic OH excluding ortho intramolecular Hbond substituents is 1. The van der Waals surface area contributed by atoms with Gasteiger partial charge in [-0.2, -0.15) is 8.78 Å². The van der Waals surface area contributed by atoms with Crippen LogP contribution in [0.4, 0.5) is 18.9 Å². The molecule has 3 N–H and O–H groups in total. The van der Waals surface area contributed by atoms with Crippen molar-refractivity contribution in [2.45, 2.75) is 18.9 Å². The van der Waals surface area contributed by atoms with Crippen LogP contribution in [0.15, 0.2) is 12.1 Å². The molecule has 0 aromatic heterocycles. The number of carbonyl (C=O) groups is 1. The number of ether oxygens (including phenoxy) is 1. The molecule has 1 atom stereocenters. The Balaban J connectivity index is 3.33. The standard InChI is InChI=1S/C11H11F3N2O5/c1-2-21-10(18)11(13,14)9(15)6-3-5(12)4-7(8(6)17)16(19)20/h3-4,9,17H,2,15H2,1H3/t9-/m0/s1. The lowest BCUT2D eigenvalue weighted by atomic mass is 9.99. The van der Waals surface area contributed by atoms with E-state index >= 15 is 0 Å². The first-order valence-electron chi connectivity index (χ1n) is 5.60. The van der Waals surface area contributed by atoms with Gasteiger partial charge in [-0.1, -0.05) is 0 Å². The highest BCUT2D eigenvalue weighted by Gasteiger charge is 2.49. The fourth-order valence-corrected chi connectivity index (χ4v) is 1.53. The predicted molar refractivity (Wildman–Crippen MR) is 63.2 cm³/mol. The van der Waals surface area contributed by atoms with E-state index < -0.39 is 45.7 Å². The maximum absolute atomic E-state index is 13.7. The molecule has 0 fully saturated rings. The summed E-state index contributed by atoms with van der Waals surface area (Å²) in [6, 6.07) is -1.78. The fourth-order valence-electron chi connectivity index (χ4n) is 1.53. The second kappa shape index (κ2) is 5.95. The smallest absolute Gasteiger partial charge is 0.379 e. The Morgan fingerprint density at radius 2 is 2.14 bits per heavy atom. The minimum Gasteiger partial charge on any atom is -0.502 e. The zero-order valence-corrected chi connectivity index (χ0v) is 10.7. The maximum atomic E-state index is 13.7. The number of nitro benzene ring substituents is 1. The van der Waals surface area contributed by atoms with Crippen molar-refractivity contribution in [2.75, 3.05) is 6.61 Å². The Morgan fingerprint density at radius 3 is 2.62 bits per heavy atom. The normalized spacial score (nSPS) is 12.8. The highest BCUT2D eigenvalue weighted by atomic mass is 19.3. The summed E-state index contributed by atoms with van der Waals surface area (Å²) in [5, 5.41) is 20.1. The van der Waals surface area contributed by atoms with Crippen molar-refractivity contribution in [2.24, 2.45) is 5.73 Å². The van der Waals surface area contributed by atoms with Crippen LogP contribution in [0, 0.1) is 15.9 Å². The molecule has 116 valence electrons. The Labute approximate surface area is 116 Å². The number of nitro groups is 1. The number of hydrogen-bond acceptors (Lipinski definition) is 6. The number of alkyl halides is 2. The molecule has 0 heterocycles. The minimum atomic E-state index is -4.30. The maximum Gasteiger partial charge on any atom is 0.379 e. The molecule has 0 aliphatic carbocycles. The van der Waals surface area contributed by atoms with E-state index in [0.717, 1.165) is 0 Å². The first-order valence-corrected chi connectivity index (χ1v) is 5.60. The summed E-state index contributed by atoms with van der Waals surface area (Å²) in [5.74, 6) is -8.78. The van der Waals surface area contributed by atoms with E-state index in [-0.39, 0.29) is 6.61 Å². The lowest BCUT2D eigenvalue weighted by Crippen LogP contribution is -2.41. The summed E-state index contributed by atoms with van der Waals surface area (Å²) in [4.78, 5) is 20.6. The highest BCUT2D eigenvalue weighted by molar-refractivity contribution is 5.79. The SMILES string of the molecule is CCOC(=O)C(F)(F)[C@@H](N)c1cc(F)cc([N+](=O)[O-])c1O. The monoisotopic (exact) mass is 308 g/mol. The molecule has 0 saturated carbocycles. The summed E-state index contributed by atoms with van der Waals surface area (Å²) >= 11 is 0. The fraction of sp³-hybridized carbons (Fsp3) is 0.364. The number of nitrogens with zero attached hydrogens (tertiary/aromatic N) is 1. The molecule has 0 bridgehead atoms. The van der Waals surface area contributed by atoms with E-state index in [1.807, 2.05) is 0 Å². The van der Waals surface area contributed by atoms with Crippen LogP contribution in [-0.4, -0.2) is 28.5 Å². The molecule has 0 spiro atoms. The van der Waals surface area contributed by atoms with E-state index in [9.17, 15) is 33.2 Å². The van der Waals surface area contributed by atoms with Crippen LogP contribution in [0.2, 0.25) is 0 Å². The second-order valence-electron chi connectivity index (χ2n) is 3.94. The van der Waals surface area contributed by atoms with Gasteiger partial charge in [0.25, 0.3) is 0 Å². The number of aromatic hydroxyl groups is 1. The van der Waals surface area contributed by atoms with Gasteiger partial charge in [0.1, 0.15) is 11.9 Å². The largest absolute Gasteiger partial charge is 0.502 e. The van der Waals surface area contributed by atoms with Gasteiger partial charge in [0, 0.05) is 5.56 Å². The summed E-state index contributed by atoms with van der Waals surface area (Å²) in [7, 11) is 0. The number of halogens is 3. The molecule has 1 aromatic carbocycles. The van der Waals surface area contributed by atoms with Gasteiger partial charge in [-0.25, -0.2) is 9.18 Å². The molecule has 0 amide bonds. The number of carbonyl (C=O) groups excluding carboxylic acids is 1. The number of nitrogens with two attached hydrogens (primary N) is 1. The first kappa shape index (κ1) is 16.7. The van der Waals surface area contributed by atoms with Crippen molar-refractivity contribution in [1.29, 1.82) is 0 Å². The third-order valence-electron chi connectivity index (χ3n) is 2.55. The lowest BCUT2D eigenvalue weighted by Gasteiger charge is -2.22. The topological polar surface area (TPSA) is 116 Å². The van der Waals surface area contributed by atoms with E-state index in [2.05, 4.69) is 4.74 Å². The summed E-state index contributed by atoms with van der Waals surface area (Å²) < 4.78 is 44.8. The predicted octanol–water partition coefficient (Wildman–Crippen LogP) is 1.64. The molecular weight excluding hydrogens is 297 g/mol. The van der Waals surface area contributed by atoms with Crippen LogP contribution < -0.4 is 5.73 Å². The molecule has 0 radical (unpaired) electrons. The molecule has 0 aliphatic heterocycles. The van der Waals surface area contributed by atoms with Gasteiger partial charge in [-0.05, 0) is 13.0 Å². The molecule has 0 unspecified atom stereocenters. The molecule has 1 rings (SSSR count). The van der Waals surface area contributed by atoms with Gasteiger partial charge >= 0.3 is 17.6 Å². The third kappa shape index (κ3) is 3.21. The molecule has 0 aliphatic rings. The van der Waals surface area contributed by atoms with Crippen molar-refractivity contribution in [3.05, 3.63) is 33.6 Å². The molecule has 21 heavy (non-hydrogen) atoms. The Hall–Kier alpha value is -2.36. The minimum absolute atomic E-state index is 0.341. The van der Waals surface area contributed by atoms with Crippen LogP contribution in [0.5, 0.6) is 5.75 Å². The van der Waals surface area contributed by atoms with E-state index in [0.29, 0.717) is 12.1 Å². The molecule has 1 aromatic rings. The molecular formula is C11H11F3N2O5. The summed E-state index contributed by atoms with van der Waals surface area (Å²) in [6.45, 7) is 0.931. The van der Waals surface area contributed by atoms with Crippen molar-refractivity contribution in [3.63, 3.8) is 0 Å². The van der Waals surface area contributed by atoms with Gasteiger partial charge in [0.05, 0.1) is 17.6 Å². The molecule has 7 nitrogen and oxygen atoms in total. The van der Waals surface area contributed by atoms with Crippen molar-refractivity contribution < 1.29 is 32.7 Å². The summed E-state index contributed by atoms with van der Waals surface area (Å²) in [6.07, 6.45) is 0. The highest BCUT2D eigenvalue weighted by Crippen LogP contribution is 2.39. The van der Waals surface area contributed by atoms with E-state index in [1.165, 1.54) is 6.92 Å². The number of esters is 1. The second-order valence-corrected chi connectivity index (χ2v) is 3.94. The zero-order chi connectivity index (χ0) is 16.4. The number of benzene rings is 1. The average Bonchev–Trinajstić information content (AvgIpc) is 2.40. The Bertz CT molecular complexity index is 579. The van der Waals surface area contributed by atoms with Crippen LogP contribution in [-0.2, 0) is 9.53 Å². The Kier molecular flexibility index (Phi) is 4.73. The summed E-state index contributed by atoms with van der Waals surface area (Å²) in [5.41, 5.74) is 3.03. The van der Waals surface area contributed by atoms with Crippen molar-refractivity contribution >= 4 is 11.7 Å². The number of rotatable bonds is 5. The van der Waals surface area contributed by atoms with Crippen molar-refractivity contribution in [3.8, 4) is 5.75 Å². The average molecular weight is 308 g/mol. The van der Waals surface area contributed by atoms with Gasteiger partial charge in [0.2, 0.25) is 0 Å². The van der Waals surface area contributed by atoms with Crippen LogP contribution >= 0.6 is 0 Å². The van der Waals surface area contributed by atoms with Gasteiger partial charge < -0.3 is 15.6 Å². The van der Waals surface area contributed by atoms with Gasteiger partial charge in [0.15, 0.2) is 5.75 Å². The van der Waals surface area contributed by atoms with E-state index in [4.69, 9.17) is 5.73 Å².